The molecule has 0 unspecified atom stereocenters. The second kappa shape index (κ2) is 8.94. The first-order valence-corrected chi connectivity index (χ1v) is 13.1. The topological polar surface area (TPSA) is 155 Å². The molecule has 0 aliphatic carbocycles. The molecule has 0 spiro atoms. The zero-order valence-corrected chi connectivity index (χ0v) is 19.5. The number of rotatable bonds is 6. The Morgan fingerprint density at radius 3 is 2.25 bits per heavy atom. The maximum absolute atomic E-state index is 12.7. The van der Waals surface area contributed by atoms with Gasteiger partial charge in [-0.25, -0.2) is 22.0 Å². The van der Waals surface area contributed by atoms with E-state index in [9.17, 15) is 26.4 Å². The minimum atomic E-state index is -3.95. The van der Waals surface area contributed by atoms with Gasteiger partial charge < -0.3 is 9.30 Å². The number of amides is 1. The molecule has 3 rings (SSSR count). The molecule has 0 saturated heterocycles. The fourth-order valence-corrected chi connectivity index (χ4v) is 5.35. The number of sulfone groups is 1. The number of esters is 1. The third kappa shape index (κ3) is 4.96. The number of carbonyl (C=O) groups is 2. The Balaban J connectivity index is 2.12. The first kappa shape index (κ1) is 23.8. The lowest BCUT2D eigenvalue weighted by Gasteiger charge is -2.04. The van der Waals surface area contributed by atoms with E-state index in [1.807, 2.05) is 0 Å². The number of fused-ring (bicyclic) bond motifs is 1. The maximum atomic E-state index is 12.7. The fourth-order valence-electron chi connectivity index (χ4n) is 2.79. The average molecular weight is 498 g/mol. The van der Waals surface area contributed by atoms with Gasteiger partial charge in [-0.2, -0.15) is 4.99 Å². The number of methoxy groups -OCH3 is 1. The van der Waals surface area contributed by atoms with Gasteiger partial charge in [0, 0.05) is 5.56 Å². The van der Waals surface area contributed by atoms with E-state index in [0.29, 0.717) is 10.2 Å². The van der Waals surface area contributed by atoms with Crippen LogP contribution in [-0.2, 0) is 35.9 Å². The van der Waals surface area contributed by atoms with Gasteiger partial charge in [-0.3, -0.25) is 9.59 Å². The molecule has 2 N–H and O–H groups in total. The summed E-state index contributed by atoms with van der Waals surface area (Å²) in [6.45, 7) is 1.26. The lowest BCUT2D eigenvalue weighted by atomic mass is 10.2. The third-order valence-electron chi connectivity index (χ3n) is 4.54. The summed E-state index contributed by atoms with van der Waals surface area (Å²) in [5.74, 6) is -1.33. The van der Waals surface area contributed by atoms with Crippen LogP contribution in [0.4, 0.5) is 0 Å². The van der Waals surface area contributed by atoms with E-state index in [1.54, 1.807) is 0 Å². The van der Waals surface area contributed by atoms with Gasteiger partial charge in [-0.1, -0.05) is 18.3 Å². The van der Waals surface area contributed by atoms with Crippen LogP contribution in [0.1, 0.15) is 17.3 Å². The summed E-state index contributed by atoms with van der Waals surface area (Å²) >= 11 is 0.992. The van der Waals surface area contributed by atoms with Crippen molar-refractivity contribution < 1.29 is 31.2 Å². The Morgan fingerprint density at radius 1 is 1.06 bits per heavy atom. The number of thiazole rings is 1. The van der Waals surface area contributed by atoms with Gasteiger partial charge in [0.05, 0.1) is 32.9 Å². The molecule has 0 saturated carbocycles. The van der Waals surface area contributed by atoms with Crippen molar-refractivity contribution in [3.8, 4) is 0 Å². The Hall–Kier alpha value is -2.87. The van der Waals surface area contributed by atoms with Crippen molar-refractivity contribution in [3.63, 3.8) is 0 Å². The van der Waals surface area contributed by atoms with Crippen molar-refractivity contribution in [2.24, 2.45) is 10.1 Å². The first-order chi connectivity index (χ1) is 15.0. The Kier molecular flexibility index (Phi) is 6.64. The minimum absolute atomic E-state index is 0.0690. The van der Waals surface area contributed by atoms with Gasteiger partial charge in [-0.15, -0.1) is 0 Å². The molecule has 1 heterocycles. The van der Waals surface area contributed by atoms with Crippen LogP contribution >= 0.6 is 11.3 Å². The van der Waals surface area contributed by atoms with E-state index in [0.717, 1.165) is 11.3 Å². The van der Waals surface area contributed by atoms with Gasteiger partial charge in [0.25, 0.3) is 5.91 Å². The molecule has 0 fully saturated rings. The van der Waals surface area contributed by atoms with Crippen molar-refractivity contribution >= 4 is 53.3 Å². The number of ether oxygens (including phenoxy) is 1. The maximum Gasteiger partial charge on any atom is 0.325 e. The highest BCUT2D eigenvalue weighted by atomic mass is 32.2. The molecule has 2 aromatic carbocycles. The number of nitrogens with zero attached hydrogens (tertiary/aromatic N) is 2. The number of sulfonamides is 1. The number of aromatic nitrogens is 1. The summed E-state index contributed by atoms with van der Waals surface area (Å²) < 4.78 is 53.8. The highest BCUT2D eigenvalue weighted by molar-refractivity contribution is 7.91. The molecule has 170 valence electrons. The van der Waals surface area contributed by atoms with Crippen molar-refractivity contribution in [1.29, 1.82) is 0 Å². The van der Waals surface area contributed by atoms with Gasteiger partial charge in [0.2, 0.25) is 10.0 Å². The number of benzene rings is 2. The van der Waals surface area contributed by atoms with E-state index < -0.39 is 31.7 Å². The summed E-state index contributed by atoms with van der Waals surface area (Å²) in [4.78, 5) is 28.7. The van der Waals surface area contributed by atoms with Gasteiger partial charge in [-0.05, 0) is 42.5 Å². The number of primary sulfonamides is 1. The van der Waals surface area contributed by atoms with Gasteiger partial charge >= 0.3 is 5.97 Å². The molecule has 32 heavy (non-hydrogen) atoms. The summed E-state index contributed by atoms with van der Waals surface area (Å²) in [5, 5.41) is 5.18. The van der Waals surface area contributed by atoms with Crippen LogP contribution in [0.25, 0.3) is 10.2 Å². The minimum Gasteiger partial charge on any atom is -0.468 e. The molecule has 0 aliphatic rings. The normalized spacial score (nSPS) is 12.8. The van der Waals surface area contributed by atoms with Crippen molar-refractivity contribution in [2.75, 3.05) is 12.9 Å². The molecule has 1 aromatic heterocycles. The third-order valence-corrected chi connectivity index (χ3v) is 8.24. The first-order valence-electron chi connectivity index (χ1n) is 9.11. The van der Waals surface area contributed by atoms with Crippen LogP contribution in [0.3, 0.4) is 0 Å². The molecule has 0 bridgehead atoms. The lowest BCUT2D eigenvalue weighted by Crippen LogP contribution is -2.22. The predicted molar refractivity (Wildman–Crippen MR) is 117 cm³/mol. The summed E-state index contributed by atoms with van der Waals surface area (Å²) in [6, 6.07) is 9.44. The van der Waals surface area contributed by atoms with Crippen LogP contribution in [0.5, 0.6) is 0 Å². The molecular weight excluding hydrogens is 478 g/mol. The van der Waals surface area contributed by atoms with Crippen molar-refractivity contribution in [3.05, 3.63) is 52.8 Å². The highest BCUT2D eigenvalue weighted by Crippen LogP contribution is 2.22. The second-order valence-electron chi connectivity index (χ2n) is 6.57. The Morgan fingerprint density at radius 2 is 1.69 bits per heavy atom. The van der Waals surface area contributed by atoms with Crippen LogP contribution in [0, 0.1) is 0 Å². The molecule has 0 aliphatic heterocycles. The zero-order valence-electron chi connectivity index (χ0n) is 17.0. The fraction of sp³-hybridized carbons (Fsp3) is 0.211. The second-order valence-corrected chi connectivity index (χ2v) is 11.4. The highest BCUT2D eigenvalue weighted by Gasteiger charge is 2.16. The molecule has 13 heteroatoms. The SMILES string of the molecule is CCS(=O)(=O)c1ccc(C(=O)N=c2sc3cc(S(N)(=O)=O)ccc3n2CC(=O)OC)cc1. The molecule has 1 amide bonds. The lowest BCUT2D eigenvalue weighted by molar-refractivity contribution is -0.141. The van der Waals surface area contributed by atoms with Crippen molar-refractivity contribution in [2.45, 2.75) is 23.3 Å². The van der Waals surface area contributed by atoms with E-state index in [2.05, 4.69) is 4.99 Å². The summed E-state index contributed by atoms with van der Waals surface area (Å²) in [6.07, 6.45) is 0. The number of hydrogen-bond acceptors (Lipinski definition) is 8. The number of nitrogens with two attached hydrogens (primary N) is 1. The molecule has 0 radical (unpaired) electrons. The molecule has 10 nitrogen and oxygen atoms in total. The van der Waals surface area contributed by atoms with E-state index in [1.165, 1.54) is 61.1 Å². The van der Waals surface area contributed by atoms with E-state index >= 15 is 0 Å². The largest absolute Gasteiger partial charge is 0.468 e. The quantitative estimate of drug-likeness (QED) is 0.499. The molecular formula is C19H19N3O7S3. The predicted octanol–water partition coefficient (Wildman–Crippen LogP) is 1.06. The molecule has 3 aromatic rings. The van der Waals surface area contributed by atoms with Crippen LogP contribution < -0.4 is 9.94 Å². The standard InChI is InChI=1S/C19H19N3O7S3/c1-3-31(25,26)13-6-4-12(5-7-13)18(24)21-19-22(11-17(23)29-2)15-9-8-14(32(20,27)28)10-16(15)30-19/h4-10H,3,11H2,1-2H3,(H2,20,27,28). The van der Waals surface area contributed by atoms with Crippen LogP contribution in [-0.4, -0.2) is 46.1 Å². The van der Waals surface area contributed by atoms with Crippen LogP contribution in [0.15, 0.2) is 57.2 Å². The monoisotopic (exact) mass is 497 g/mol. The molecule has 0 atom stereocenters. The van der Waals surface area contributed by atoms with Crippen molar-refractivity contribution in [1.82, 2.24) is 4.57 Å². The van der Waals surface area contributed by atoms with E-state index in [-0.39, 0.29) is 32.5 Å². The van der Waals surface area contributed by atoms with Crippen LogP contribution in [0.2, 0.25) is 0 Å². The average Bonchev–Trinajstić information content (AvgIpc) is 3.09. The Labute approximate surface area is 187 Å². The number of carbonyl (C=O) groups excluding carboxylic acids is 2. The zero-order chi connectivity index (χ0) is 23.7. The van der Waals surface area contributed by atoms with Gasteiger partial charge in [0.15, 0.2) is 14.6 Å². The number of hydrogen-bond donors (Lipinski definition) is 1. The summed E-state index contributed by atoms with van der Waals surface area (Å²) in [7, 11) is -6.15. The smallest absolute Gasteiger partial charge is 0.325 e. The summed E-state index contributed by atoms with van der Waals surface area (Å²) in [5.41, 5.74) is 0.607. The van der Waals surface area contributed by atoms with E-state index in [4.69, 9.17) is 9.88 Å². The van der Waals surface area contributed by atoms with Gasteiger partial charge in [0.1, 0.15) is 6.54 Å². The Bertz CT molecular complexity index is 1480.